The number of amides is 1. The number of para-hydroxylation sites is 2. The second-order valence-corrected chi connectivity index (χ2v) is 6.31. The van der Waals surface area contributed by atoms with E-state index in [-0.39, 0.29) is 5.91 Å². The summed E-state index contributed by atoms with van der Waals surface area (Å²) in [6.45, 7) is 1.71. The van der Waals surface area contributed by atoms with Crippen molar-refractivity contribution >= 4 is 16.9 Å². The van der Waals surface area contributed by atoms with Crippen LogP contribution in [0.1, 0.15) is 25.1 Å². The smallest absolute Gasteiger partial charge is 0.230 e. The molecule has 118 valence electrons. The second kappa shape index (κ2) is 6.48. The van der Waals surface area contributed by atoms with Crippen LogP contribution in [0.2, 0.25) is 0 Å². The van der Waals surface area contributed by atoms with E-state index in [9.17, 15) is 4.79 Å². The van der Waals surface area contributed by atoms with Gasteiger partial charge in [0.25, 0.3) is 0 Å². The number of carbonyl (C=O) groups is 1. The Balaban J connectivity index is 1.64. The first-order valence-corrected chi connectivity index (χ1v) is 8.01. The highest BCUT2D eigenvalue weighted by Gasteiger charge is 2.22. The van der Waals surface area contributed by atoms with Gasteiger partial charge in [0, 0.05) is 19.1 Å². The van der Waals surface area contributed by atoms with Crippen LogP contribution in [0.25, 0.3) is 11.0 Å². The number of nitrogens with zero attached hydrogens (tertiary/aromatic N) is 3. The number of fused-ring (bicyclic) bond motifs is 1. The predicted molar refractivity (Wildman–Crippen MR) is 87.7 cm³/mol. The third-order valence-electron chi connectivity index (χ3n) is 4.54. The number of likely N-dealkylation sites (tertiary alicyclic amines) is 1. The molecule has 5 nitrogen and oxygen atoms in total. The van der Waals surface area contributed by atoms with E-state index in [2.05, 4.69) is 29.0 Å². The molecule has 1 amide bonds. The molecule has 1 atom stereocenters. The molecule has 1 unspecified atom stereocenters. The van der Waals surface area contributed by atoms with Gasteiger partial charge in [-0.3, -0.25) is 4.79 Å². The largest absolute Gasteiger partial charge is 0.342 e. The molecule has 1 aliphatic heterocycles. The van der Waals surface area contributed by atoms with Crippen LogP contribution in [0.4, 0.5) is 0 Å². The van der Waals surface area contributed by atoms with Crippen molar-refractivity contribution in [1.82, 2.24) is 19.8 Å². The van der Waals surface area contributed by atoms with Crippen molar-refractivity contribution in [2.75, 3.05) is 27.2 Å². The van der Waals surface area contributed by atoms with E-state index in [0.29, 0.717) is 12.5 Å². The lowest BCUT2D eigenvalue weighted by atomic mass is 10.1. The Kier molecular flexibility index (Phi) is 4.43. The molecule has 0 radical (unpaired) electrons. The first kappa shape index (κ1) is 15.0. The van der Waals surface area contributed by atoms with E-state index in [0.717, 1.165) is 42.8 Å². The molecule has 1 aromatic carbocycles. The fourth-order valence-electron chi connectivity index (χ4n) is 3.19. The molecule has 0 saturated carbocycles. The SMILES string of the molecule is CN(C)C1CCCN(C(=O)Cc2nc3ccccc3[nH]2)CC1. The van der Waals surface area contributed by atoms with Crippen molar-refractivity contribution in [3.05, 3.63) is 30.1 Å². The van der Waals surface area contributed by atoms with Gasteiger partial charge in [-0.1, -0.05) is 12.1 Å². The molecule has 1 fully saturated rings. The molecule has 1 aromatic heterocycles. The number of imidazole rings is 1. The van der Waals surface area contributed by atoms with Gasteiger partial charge in [0.2, 0.25) is 5.91 Å². The molecule has 2 aromatic rings. The van der Waals surface area contributed by atoms with Gasteiger partial charge in [0.15, 0.2) is 0 Å². The van der Waals surface area contributed by atoms with Crippen LogP contribution in [0, 0.1) is 0 Å². The summed E-state index contributed by atoms with van der Waals surface area (Å²) in [4.78, 5) is 24.5. The zero-order valence-corrected chi connectivity index (χ0v) is 13.4. The first-order chi connectivity index (χ1) is 10.6. The third kappa shape index (κ3) is 3.30. The zero-order valence-electron chi connectivity index (χ0n) is 13.4. The molecule has 0 spiro atoms. The Labute approximate surface area is 131 Å². The van der Waals surface area contributed by atoms with E-state index in [1.807, 2.05) is 29.2 Å². The molecule has 1 aliphatic rings. The molecule has 3 rings (SSSR count). The number of nitrogens with one attached hydrogen (secondary N) is 1. The van der Waals surface area contributed by atoms with Gasteiger partial charge in [0.05, 0.1) is 17.5 Å². The number of H-pyrrole nitrogens is 1. The van der Waals surface area contributed by atoms with Gasteiger partial charge in [-0.05, 0) is 45.5 Å². The summed E-state index contributed by atoms with van der Waals surface area (Å²) in [7, 11) is 4.24. The van der Waals surface area contributed by atoms with E-state index in [1.165, 1.54) is 6.42 Å². The number of benzene rings is 1. The van der Waals surface area contributed by atoms with E-state index in [4.69, 9.17) is 0 Å². The quantitative estimate of drug-likeness (QED) is 0.944. The Bertz CT molecular complexity index is 616. The summed E-state index contributed by atoms with van der Waals surface area (Å²) in [6, 6.07) is 8.48. The number of aromatic nitrogens is 2. The fourth-order valence-corrected chi connectivity index (χ4v) is 3.19. The van der Waals surface area contributed by atoms with E-state index in [1.54, 1.807) is 0 Å². The van der Waals surface area contributed by atoms with Gasteiger partial charge in [-0.2, -0.15) is 0 Å². The maximum absolute atomic E-state index is 12.5. The standard InChI is InChI=1S/C17H24N4O/c1-20(2)13-6-5-10-21(11-9-13)17(22)12-16-18-14-7-3-4-8-15(14)19-16/h3-4,7-8,13H,5-6,9-12H2,1-2H3,(H,18,19). The van der Waals surface area contributed by atoms with Crippen LogP contribution in [-0.4, -0.2) is 58.9 Å². The molecule has 2 heterocycles. The minimum Gasteiger partial charge on any atom is -0.342 e. The highest BCUT2D eigenvalue weighted by atomic mass is 16.2. The summed E-state index contributed by atoms with van der Waals surface area (Å²) < 4.78 is 0. The van der Waals surface area contributed by atoms with E-state index < -0.39 is 0 Å². The van der Waals surface area contributed by atoms with Gasteiger partial charge >= 0.3 is 0 Å². The topological polar surface area (TPSA) is 52.2 Å². The van der Waals surface area contributed by atoms with Gasteiger partial charge in [-0.15, -0.1) is 0 Å². The van der Waals surface area contributed by atoms with Crippen molar-refractivity contribution in [2.45, 2.75) is 31.7 Å². The maximum Gasteiger partial charge on any atom is 0.230 e. The Morgan fingerprint density at radius 3 is 2.91 bits per heavy atom. The molecule has 22 heavy (non-hydrogen) atoms. The Morgan fingerprint density at radius 1 is 1.32 bits per heavy atom. The van der Waals surface area contributed by atoms with E-state index >= 15 is 0 Å². The van der Waals surface area contributed by atoms with Crippen LogP contribution in [-0.2, 0) is 11.2 Å². The molecule has 1 saturated heterocycles. The van der Waals surface area contributed by atoms with Gasteiger partial charge in [0.1, 0.15) is 5.82 Å². The molecular formula is C17H24N4O. The average Bonchev–Trinajstić information content (AvgIpc) is 2.73. The van der Waals surface area contributed by atoms with Crippen molar-refractivity contribution in [2.24, 2.45) is 0 Å². The van der Waals surface area contributed by atoms with Crippen LogP contribution < -0.4 is 0 Å². The normalized spacial score (nSPS) is 19.6. The monoisotopic (exact) mass is 300 g/mol. The van der Waals surface area contributed by atoms with Gasteiger partial charge in [-0.25, -0.2) is 4.98 Å². The zero-order chi connectivity index (χ0) is 15.5. The van der Waals surface area contributed by atoms with Crippen molar-refractivity contribution in [3.8, 4) is 0 Å². The lowest BCUT2D eigenvalue weighted by Gasteiger charge is -2.23. The van der Waals surface area contributed by atoms with Crippen molar-refractivity contribution < 1.29 is 4.79 Å². The highest BCUT2D eigenvalue weighted by molar-refractivity contribution is 5.80. The van der Waals surface area contributed by atoms with Gasteiger partial charge < -0.3 is 14.8 Å². The number of hydrogen-bond acceptors (Lipinski definition) is 3. The summed E-state index contributed by atoms with van der Waals surface area (Å²) in [5, 5.41) is 0. The second-order valence-electron chi connectivity index (χ2n) is 6.31. The first-order valence-electron chi connectivity index (χ1n) is 8.01. The Morgan fingerprint density at radius 2 is 2.14 bits per heavy atom. The molecule has 0 aliphatic carbocycles. The van der Waals surface area contributed by atoms with Crippen molar-refractivity contribution in [3.63, 3.8) is 0 Å². The maximum atomic E-state index is 12.5. The number of aromatic amines is 1. The number of carbonyl (C=O) groups excluding carboxylic acids is 1. The van der Waals surface area contributed by atoms with Crippen LogP contribution in [0.15, 0.2) is 24.3 Å². The van der Waals surface area contributed by atoms with Crippen molar-refractivity contribution in [1.29, 1.82) is 0 Å². The van der Waals surface area contributed by atoms with Crippen LogP contribution >= 0.6 is 0 Å². The summed E-state index contributed by atoms with van der Waals surface area (Å²) >= 11 is 0. The molecular weight excluding hydrogens is 276 g/mol. The average molecular weight is 300 g/mol. The highest BCUT2D eigenvalue weighted by Crippen LogP contribution is 2.16. The lowest BCUT2D eigenvalue weighted by molar-refractivity contribution is -0.130. The lowest BCUT2D eigenvalue weighted by Crippen LogP contribution is -2.34. The molecule has 0 bridgehead atoms. The number of hydrogen-bond donors (Lipinski definition) is 1. The third-order valence-corrected chi connectivity index (χ3v) is 4.54. The van der Waals surface area contributed by atoms with Crippen LogP contribution in [0.5, 0.6) is 0 Å². The minimum atomic E-state index is 0.179. The predicted octanol–water partition coefficient (Wildman–Crippen LogP) is 2.05. The van der Waals surface area contributed by atoms with Crippen LogP contribution in [0.3, 0.4) is 0 Å². The molecule has 5 heteroatoms. The summed E-state index contributed by atoms with van der Waals surface area (Å²) in [6.07, 6.45) is 3.66. The Hall–Kier alpha value is -1.88. The number of rotatable bonds is 3. The minimum absolute atomic E-state index is 0.179. The summed E-state index contributed by atoms with van der Waals surface area (Å²) in [5.41, 5.74) is 1.92. The fraction of sp³-hybridized carbons (Fsp3) is 0.529. The summed E-state index contributed by atoms with van der Waals surface area (Å²) in [5.74, 6) is 0.943. The molecule has 1 N–H and O–H groups in total.